The molecule has 1 heterocycles. The van der Waals surface area contributed by atoms with Gasteiger partial charge in [0.2, 0.25) is 0 Å². The Morgan fingerprint density at radius 2 is 1.70 bits per heavy atom. The smallest absolute Gasteiger partial charge is 0.132 e. The molecular weight excluding hydrogens is 250 g/mol. The molecule has 0 fully saturated rings. The molecule has 0 saturated carbocycles. The highest BCUT2D eigenvalue weighted by Crippen LogP contribution is 2.27. The monoisotopic (exact) mass is 271 g/mol. The molecule has 4 nitrogen and oxygen atoms in total. The number of hydrogen-bond acceptors (Lipinski definition) is 4. The molecule has 0 unspecified atom stereocenters. The summed E-state index contributed by atoms with van der Waals surface area (Å²) in [4.78, 5) is 8.94. The Morgan fingerprint density at radius 3 is 2.25 bits per heavy atom. The predicted molar refractivity (Wildman–Crippen MR) is 82.3 cm³/mol. The van der Waals surface area contributed by atoms with Crippen molar-refractivity contribution in [1.29, 1.82) is 0 Å². The van der Waals surface area contributed by atoms with Crippen molar-refractivity contribution in [2.75, 3.05) is 12.4 Å². The van der Waals surface area contributed by atoms with E-state index in [2.05, 4.69) is 15.3 Å². The minimum Gasteiger partial charge on any atom is -0.491 e. The van der Waals surface area contributed by atoms with Crippen LogP contribution in [-0.4, -0.2) is 23.1 Å². The maximum atomic E-state index is 5.66. The standard InChI is InChI=1S/C16H21N3O/c1-10(2)20-14-8-6-13(7-9-14)15-11(3)16(17-5)19-12(4)18-15/h6-10H,1-5H3,(H,17,18,19). The van der Waals surface area contributed by atoms with Crippen molar-refractivity contribution in [1.82, 2.24) is 9.97 Å². The van der Waals surface area contributed by atoms with Crippen LogP contribution in [0.5, 0.6) is 5.75 Å². The molecule has 0 amide bonds. The maximum Gasteiger partial charge on any atom is 0.132 e. The molecule has 0 bridgehead atoms. The van der Waals surface area contributed by atoms with Gasteiger partial charge in [0.15, 0.2) is 0 Å². The highest BCUT2D eigenvalue weighted by molar-refractivity contribution is 5.68. The Bertz CT molecular complexity index is 591. The van der Waals surface area contributed by atoms with Gasteiger partial charge in [0.25, 0.3) is 0 Å². The van der Waals surface area contributed by atoms with Crippen molar-refractivity contribution in [3.05, 3.63) is 35.7 Å². The summed E-state index contributed by atoms with van der Waals surface area (Å²) in [6.45, 7) is 7.97. The van der Waals surface area contributed by atoms with E-state index in [0.717, 1.165) is 34.2 Å². The SMILES string of the molecule is CNc1nc(C)nc(-c2ccc(OC(C)C)cc2)c1C. The Morgan fingerprint density at radius 1 is 1.05 bits per heavy atom. The molecule has 0 aliphatic carbocycles. The van der Waals surface area contributed by atoms with Crippen LogP contribution in [0.25, 0.3) is 11.3 Å². The summed E-state index contributed by atoms with van der Waals surface area (Å²) in [5.41, 5.74) is 3.08. The lowest BCUT2D eigenvalue weighted by atomic mass is 10.1. The van der Waals surface area contributed by atoms with Crippen molar-refractivity contribution < 1.29 is 4.74 Å². The van der Waals surface area contributed by atoms with E-state index in [9.17, 15) is 0 Å². The second kappa shape index (κ2) is 5.90. The summed E-state index contributed by atoms with van der Waals surface area (Å²) in [5.74, 6) is 2.51. The molecule has 0 spiro atoms. The Balaban J connectivity index is 2.39. The van der Waals surface area contributed by atoms with Crippen LogP contribution >= 0.6 is 0 Å². The second-order valence-corrected chi connectivity index (χ2v) is 5.03. The van der Waals surface area contributed by atoms with Gasteiger partial charge in [0.05, 0.1) is 11.8 Å². The predicted octanol–water partition coefficient (Wildman–Crippen LogP) is 3.59. The van der Waals surface area contributed by atoms with Crippen LogP contribution in [0, 0.1) is 13.8 Å². The van der Waals surface area contributed by atoms with Crippen LogP contribution in [0.4, 0.5) is 5.82 Å². The van der Waals surface area contributed by atoms with Gasteiger partial charge >= 0.3 is 0 Å². The normalized spacial score (nSPS) is 10.7. The lowest BCUT2D eigenvalue weighted by molar-refractivity contribution is 0.242. The molecule has 2 aromatic rings. The largest absolute Gasteiger partial charge is 0.491 e. The van der Waals surface area contributed by atoms with E-state index >= 15 is 0 Å². The first-order chi connectivity index (χ1) is 9.51. The molecule has 4 heteroatoms. The molecule has 1 N–H and O–H groups in total. The molecular formula is C16H21N3O. The first-order valence-electron chi connectivity index (χ1n) is 6.81. The molecule has 20 heavy (non-hydrogen) atoms. The Kier molecular flexibility index (Phi) is 4.23. The number of nitrogens with one attached hydrogen (secondary N) is 1. The molecule has 0 saturated heterocycles. The second-order valence-electron chi connectivity index (χ2n) is 5.03. The van der Waals surface area contributed by atoms with Crippen LogP contribution in [0.3, 0.4) is 0 Å². The van der Waals surface area contributed by atoms with Crippen LogP contribution in [0.2, 0.25) is 0 Å². The van der Waals surface area contributed by atoms with Crippen LogP contribution in [0.1, 0.15) is 25.2 Å². The van der Waals surface area contributed by atoms with Gasteiger partial charge in [0.1, 0.15) is 17.4 Å². The number of aromatic nitrogens is 2. The summed E-state index contributed by atoms with van der Waals surface area (Å²) in [5, 5.41) is 3.11. The van der Waals surface area contributed by atoms with E-state index < -0.39 is 0 Å². The summed E-state index contributed by atoms with van der Waals surface area (Å²) in [6, 6.07) is 8.02. The van der Waals surface area contributed by atoms with Crippen LogP contribution in [0.15, 0.2) is 24.3 Å². The van der Waals surface area contributed by atoms with Gasteiger partial charge in [0, 0.05) is 18.2 Å². The first-order valence-corrected chi connectivity index (χ1v) is 6.81. The van der Waals surface area contributed by atoms with Crippen molar-refractivity contribution in [2.24, 2.45) is 0 Å². The fourth-order valence-corrected chi connectivity index (χ4v) is 2.12. The molecule has 2 rings (SSSR count). The molecule has 106 valence electrons. The average Bonchev–Trinajstić information content (AvgIpc) is 2.41. The van der Waals surface area contributed by atoms with Gasteiger partial charge in [-0.05, 0) is 52.0 Å². The first kappa shape index (κ1) is 14.3. The van der Waals surface area contributed by atoms with Crippen molar-refractivity contribution in [3.63, 3.8) is 0 Å². The van der Waals surface area contributed by atoms with E-state index in [1.807, 2.05) is 59.0 Å². The molecule has 0 aliphatic heterocycles. The lowest BCUT2D eigenvalue weighted by Crippen LogP contribution is -2.05. The van der Waals surface area contributed by atoms with E-state index in [4.69, 9.17) is 4.74 Å². The Hall–Kier alpha value is -2.10. The minimum atomic E-state index is 0.180. The summed E-state index contributed by atoms with van der Waals surface area (Å²) < 4.78 is 5.66. The third-order valence-electron chi connectivity index (χ3n) is 2.99. The fraction of sp³-hybridized carbons (Fsp3) is 0.375. The molecule has 0 aliphatic rings. The summed E-state index contributed by atoms with van der Waals surface area (Å²) in [7, 11) is 1.87. The molecule has 1 aromatic carbocycles. The number of nitrogens with zero attached hydrogens (tertiary/aromatic N) is 2. The summed E-state index contributed by atoms with van der Waals surface area (Å²) in [6.07, 6.45) is 0.180. The van der Waals surface area contributed by atoms with Crippen LogP contribution in [-0.2, 0) is 0 Å². The van der Waals surface area contributed by atoms with E-state index in [0.29, 0.717) is 0 Å². The number of benzene rings is 1. The van der Waals surface area contributed by atoms with Gasteiger partial charge in [-0.3, -0.25) is 0 Å². The highest BCUT2D eigenvalue weighted by atomic mass is 16.5. The third kappa shape index (κ3) is 3.07. The quantitative estimate of drug-likeness (QED) is 0.923. The topological polar surface area (TPSA) is 47.0 Å². The Labute approximate surface area is 120 Å². The van der Waals surface area contributed by atoms with Gasteiger partial charge in [-0.15, -0.1) is 0 Å². The summed E-state index contributed by atoms with van der Waals surface area (Å²) >= 11 is 0. The van der Waals surface area contributed by atoms with Crippen molar-refractivity contribution in [2.45, 2.75) is 33.8 Å². The number of anilines is 1. The fourth-order valence-electron chi connectivity index (χ4n) is 2.12. The van der Waals surface area contributed by atoms with E-state index in [-0.39, 0.29) is 6.10 Å². The molecule has 0 atom stereocenters. The van der Waals surface area contributed by atoms with Gasteiger partial charge in [-0.2, -0.15) is 0 Å². The zero-order chi connectivity index (χ0) is 14.7. The van der Waals surface area contributed by atoms with Crippen molar-refractivity contribution in [3.8, 4) is 17.0 Å². The number of hydrogen-bond donors (Lipinski definition) is 1. The van der Waals surface area contributed by atoms with E-state index in [1.54, 1.807) is 0 Å². The van der Waals surface area contributed by atoms with Gasteiger partial charge in [-0.25, -0.2) is 9.97 Å². The van der Waals surface area contributed by atoms with Crippen molar-refractivity contribution >= 4 is 5.82 Å². The maximum absolute atomic E-state index is 5.66. The number of rotatable bonds is 4. The molecule has 1 aromatic heterocycles. The van der Waals surface area contributed by atoms with Gasteiger partial charge in [-0.1, -0.05) is 0 Å². The number of aryl methyl sites for hydroxylation is 1. The lowest BCUT2D eigenvalue weighted by Gasteiger charge is -2.12. The minimum absolute atomic E-state index is 0.180. The average molecular weight is 271 g/mol. The zero-order valence-electron chi connectivity index (χ0n) is 12.7. The van der Waals surface area contributed by atoms with Crippen LogP contribution < -0.4 is 10.1 Å². The third-order valence-corrected chi connectivity index (χ3v) is 2.99. The highest BCUT2D eigenvalue weighted by Gasteiger charge is 2.10. The van der Waals surface area contributed by atoms with Gasteiger partial charge < -0.3 is 10.1 Å². The zero-order valence-corrected chi connectivity index (χ0v) is 12.7. The van der Waals surface area contributed by atoms with E-state index in [1.165, 1.54) is 0 Å². The molecule has 0 radical (unpaired) electrons. The number of ether oxygens (including phenoxy) is 1.